The second kappa shape index (κ2) is 61.6. The van der Waals surface area contributed by atoms with Crippen molar-refractivity contribution in [1.29, 1.82) is 0 Å². The number of amides is 1. The third kappa shape index (κ3) is 57.4. The third-order valence-electron chi connectivity index (χ3n) is 14.9. The molecule has 0 aromatic carbocycles. The number of aliphatic hydroxyl groups excluding tert-OH is 2. The van der Waals surface area contributed by atoms with Crippen LogP contribution in [0.3, 0.4) is 0 Å². The summed E-state index contributed by atoms with van der Waals surface area (Å²) < 4.78 is 5.45. The highest BCUT2D eigenvalue weighted by molar-refractivity contribution is 5.76. The second-order valence-electron chi connectivity index (χ2n) is 22.1. The van der Waals surface area contributed by atoms with Gasteiger partial charge in [0.25, 0.3) is 0 Å². The van der Waals surface area contributed by atoms with E-state index in [4.69, 9.17) is 4.74 Å². The number of allylic oxidation sites excluding steroid dienone is 5. The molecule has 2 unspecified atom stereocenters. The van der Waals surface area contributed by atoms with Crippen LogP contribution in [0, 0.1) is 0 Å². The van der Waals surface area contributed by atoms with Crippen molar-refractivity contribution < 1.29 is 24.5 Å². The molecule has 424 valence electrons. The van der Waals surface area contributed by atoms with Gasteiger partial charge in [0.1, 0.15) is 0 Å². The Morgan fingerprint density at radius 2 is 0.694 bits per heavy atom. The molecule has 0 saturated heterocycles. The predicted octanol–water partition coefficient (Wildman–Crippen LogP) is 20.4. The number of ether oxygens (including phenoxy) is 1. The first-order valence-electron chi connectivity index (χ1n) is 32.3. The zero-order valence-electron chi connectivity index (χ0n) is 48.4. The van der Waals surface area contributed by atoms with Crippen molar-refractivity contribution in [2.24, 2.45) is 0 Å². The van der Waals surface area contributed by atoms with Crippen LogP contribution >= 0.6 is 0 Å². The van der Waals surface area contributed by atoms with Gasteiger partial charge in [-0.05, 0) is 70.6 Å². The number of unbranched alkanes of at least 4 members (excludes halogenated alkanes) is 45. The molecule has 6 nitrogen and oxygen atoms in total. The van der Waals surface area contributed by atoms with Gasteiger partial charge in [-0.2, -0.15) is 0 Å². The summed E-state index contributed by atoms with van der Waals surface area (Å²) in [6.45, 7) is 4.88. The molecule has 1 amide bonds. The predicted molar refractivity (Wildman–Crippen MR) is 315 cm³/mol. The number of carbonyl (C=O) groups excluding carboxylic acids is 2. The number of hydrogen-bond acceptors (Lipinski definition) is 5. The van der Waals surface area contributed by atoms with Gasteiger partial charge in [-0.3, -0.25) is 9.59 Å². The van der Waals surface area contributed by atoms with E-state index >= 15 is 0 Å². The lowest BCUT2D eigenvalue weighted by atomic mass is 10.0. The van der Waals surface area contributed by atoms with E-state index in [1.165, 1.54) is 238 Å². The first-order valence-corrected chi connectivity index (χ1v) is 32.3. The van der Waals surface area contributed by atoms with E-state index in [9.17, 15) is 19.8 Å². The summed E-state index contributed by atoms with van der Waals surface area (Å²) in [4.78, 5) is 24.5. The highest BCUT2D eigenvalue weighted by Gasteiger charge is 2.18. The van der Waals surface area contributed by atoms with Crippen LogP contribution in [0.15, 0.2) is 36.5 Å². The molecule has 0 saturated carbocycles. The average molecular weight is 1010 g/mol. The van der Waals surface area contributed by atoms with Crippen molar-refractivity contribution >= 4 is 11.9 Å². The molecule has 0 aromatic rings. The Kier molecular flexibility index (Phi) is 60.0. The van der Waals surface area contributed by atoms with Gasteiger partial charge >= 0.3 is 5.97 Å². The molecule has 0 fully saturated rings. The number of hydrogen-bond donors (Lipinski definition) is 3. The monoisotopic (exact) mass is 1010 g/mol. The number of aliphatic hydroxyl groups is 2. The summed E-state index contributed by atoms with van der Waals surface area (Å²) in [5, 5.41) is 23.2. The number of carbonyl (C=O) groups is 2. The van der Waals surface area contributed by atoms with Crippen LogP contribution < -0.4 is 5.32 Å². The van der Waals surface area contributed by atoms with Crippen molar-refractivity contribution in [2.45, 2.75) is 360 Å². The molecule has 0 aromatic heterocycles. The fourth-order valence-corrected chi connectivity index (χ4v) is 9.96. The summed E-state index contributed by atoms with van der Waals surface area (Å²) in [7, 11) is 0. The number of nitrogens with one attached hydrogen (secondary N) is 1. The maximum atomic E-state index is 12.5. The van der Waals surface area contributed by atoms with E-state index in [2.05, 4.69) is 43.5 Å². The zero-order valence-corrected chi connectivity index (χ0v) is 48.4. The van der Waals surface area contributed by atoms with Gasteiger partial charge in [-0.25, -0.2) is 0 Å². The summed E-state index contributed by atoms with van der Waals surface area (Å²) in [6, 6.07) is -0.642. The van der Waals surface area contributed by atoms with Crippen LogP contribution in [0.1, 0.15) is 348 Å². The van der Waals surface area contributed by atoms with Crippen molar-refractivity contribution in [3.8, 4) is 0 Å². The van der Waals surface area contributed by atoms with E-state index in [0.717, 1.165) is 83.5 Å². The molecule has 3 N–H and O–H groups in total. The minimum atomic E-state index is -0.857. The van der Waals surface area contributed by atoms with Gasteiger partial charge in [-0.1, -0.05) is 301 Å². The van der Waals surface area contributed by atoms with Crippen LogP contribution in [0.2, 0.25) is 0 Å². The van der Waals surface area contributed by atoms with E-state index in [-0.39, 0.29) is 18.5 Å². The summed E-state index contributed by atoms with van der Waals surface area (Å²) in [6.07, 6.45) is 77.6. The topological polar surface area (TPSA) is 95.9 Å². The molecule has 0 rings (SSSR count). The molecule has 0 aliphatic carbocycles. The molecule has 0 aliphatic rings. The maximum absolute atomic E-state index is 12.5. The van der Waals surface area contributed by atoms with E-state index in [0.29, 0.717) is 19.4 Å². The van der Waals surface area contributed by atoms with Gasteiger partial charge < -0.3 is 20.3 Å². The van der Waals surface area contributed by atoms with Gasteiger partial charge in [0, 0.05) is 12.8 Å². The highest BCUT2D eigenvalue weighted by Crippen LogP contribution is 2.18. The Hall–Kier alpha value is -1.92. The molecule has 0 bridgehead atoms. The van der Waals surface area contributed by atoms with E-state index in [1.54, 1.807) is 6.08 Å². The van der Waals surface area contributed by atoms with Crippen LogP contribution in [-0.2, 0) is 14.3 Å². The third-order valence-corrected chi connectivity index (χ3v) is 14.9. The Bertz CT molecular complexity index is 1170. The lowest BCUT2D eigenvalue weighted by Gasteiger charge is -2.20. The highest BCUT2D eigenvalue weighted by atomic mass is 16.5. The zero-order chi connectivity index (χ0) is 52.2. The van der Waals surface area contributed by atoms with Gasteiger partial charge in [0.05, 0.1) is 25.4 Å². The molecule has 0 heterocycles. The fraction of sp³-hybridized carbons (Fsp3) is 0.879. The molecule has 6 heteroatoms. The number of esters is 1. The minimum absolute atomic E-state index is 0.0144. The quantitative estimate of drug-likeness (QED) is 0.0320. The van der Waals surface area contributed by atoms with Crippen LogP contribution in [0.25, 0.3) is 0 Å². The van der Waals surface area contributed by atoms with Crippen molar-refractivity contribution in [3.63, 3.8) is 0 Å². The van der Waals surface area contributed by atoms with Gasteiger partial charge in [-0.15, -0.1) is 0 Å². The smallest absolute Gasteiger partial charge is 0.305 e. The Labute approximate surface area is 449 Å². The molecule has 0 spiro atoms. The van der Waals surface area contributed by atoms with Crippen molar-refractivity contribution in [2.75, 3.05) is 13.2 Å². The molecular formula is C66H125NO5. The van der Waals surface area contributed by atoms with Gasteiger partial charge in [0.2, 0.25) is 5.91 Å². The first kappa shape index (κ1) is 70.1. The molecule has 0 aliphatic heterocycles. The van der Waals surface area contributed by atoms with Crippen molar-refractivity contribution in [1.82, 2.24) is 5.32 Å². The molecule has 72 heavy (non-hydrogen) atoms. The fourth-order valence-electron chi connectivity index (χ4n) is 9.96. The maximum Gasteiger partial charge on any atom is 0.305 e. The molecule has 0 radical (unpaired) electrons. The van der Waals surface area contributed by atoms with Crippen LogP contribution in [0.5, 0.6) is 0 Å². The average Bonchev–Trinajstić information content (AvgIpc) is 3.38. The number of rotatable bonds is 60. The summed E-state index contributed by atoms with van der Waals surface area (Å²) >= 11 is 0. The SMILES string of the molecule is CCCCCCCCCCCCCCCCCCCCCCCCC/C=C/C(O)C(CO)NC(=O)CCCCCCCCC/C=C\C/C=C\CCCCCOC(=O)CCCCCCCCCCCCCCC. The van der Waals surface area contributed by atoms with E-state index < -0.39 is 12.1 Å². The molecular weight excluding hydrogens is 887 g/mol. The van der Waals surface area contributed by atoms with E-state index in [1.807, 2.05) is 6.08 Å². The van der Waals surface area contributed by atoms with Gasteiger partial charge in [0.15, 0.2) is 0 Å². The Morgan fingerprint density at radius 3 is 1.06 bits per heavy atom. The first-order chi connectivity index (χ1) is 35.5. The molecule has 2 atom stereocenters. The lowest BCUT2D eigenvalue weighted by Crippen LogP contribution is -2.45. The second-order valence-corrected chi connectivity index (χ2v) is 22.1. The minimum Gasteiger partial charge on any atom is -0.466 e. The summed E-state index contributed by atoms with van der Waals surface area (Å²) in [5.74, 6) is -0.0953. The van der Waals surface area contributed by atoms with Crippen LogP contribution in [-0.4, -0.2) is 47.4 Å². The standard InChI is InChI=1S/C66H125NO5/c1-3-5-7-9-11-13-15-17-18-19-20-21-22-23-24-25-26-28-31-35-38-42-46-50-54-58-64(69)63(62-68)67-65(70)59-55-51-47-43-39-36-32-29-27-30-33-37-41-45-49-53-57-61-72-66(71)60-56-52-48-44-40-34-16-14-12-10-8-6-4-2/h27,30,37,41,54,58,63-64,68-69H,3-26,28-29,31-36,38-40,42-53,55-57,59-62H2,1-2H3,(H,67,70)/b30-27-,41-37-,58-54+. The lowest BCUT2D eigenvalue weighted by molar-refractivity contribution is -0.143. The Morgan fingerprint density at radius 1 is 0.389 bits per heavy atom. The Balaban J connectivity index is 3.51. The van der Waals surface area contributed by atoms with Crippen molar-refractivity contribution in [3.05, 3.63) is 36.5 Å². The van der Waals surface area contributed by atoms with Crippen LogP contribution in [0.4, 0.5) is 0 Å². The normalized spacial score (nSPS) is 12.8. The largest absolute Gasteiger partial charge is 0.466 e. The summed E-state index contributed by atoms with van der Waals surface area (Å²) in [5.41, 5.74) is 0.